The summed E-state index contributed by atoms with van der Waals surface area (Å²) in [6, 6.07) is -2.50. The van der Waals surface area contributed by atoms with Crippen molar-refractivity contribution in [2.24, 2.45) is 0 Å². The van der Waals surface area contributed by atoms with Crippen LogP contribution in [0.5, 0.6) is 0 Å². The number of ether oxygens (including phenoxy) is 1. The molecule has 84 valence electrons. The highest BCUT2D eigenvalue weighted by molar-refractivity contribution is 6.80. The van der Waals surface area contributed by atoms with Gasteiger partial charge in [-0.1, -0.05) is 13.1 Å². The number of alkyl halides is 2. The van der Waals surface area contributed by atoms with Gasteiger partial charge in [0.1, 0.15) is 13.7 Å². The molecule has 0 N–H and O–H groups in total. The van der Waals surface area contributed by atoms with Crippen LogP contribution in [0.3, 0.4) is 0 Å². The van der Waals surface area contributed by atoms with E-state index in [0.29, 0.717) is 0 Å². The Morgan fingerprint density at radius 2 is 1.79 bits per heavy atom. The number of halogens is 2. The minimum Gasteiger partial charge on any atom is -0.460 e. The molecule has 0 rings (SSSR count). The van der Waals surface area contributed by atoms with Crippen molar-refractivity contribution in [1.82, 2.24) is 0 Å². The second-order valence-corrected chi connectivity index (χ2v) is 9.82. The van der Waals surface area contributed by atoms with Crippen molar-refractivity contribution in [1.29, 1.82) is 0 Å². The van der Waals surface area contributed by atoms with Gasteiger partial charge in [-0.05, 0) is 20.8 Å². The van der Waals surface area contributed by atoms with Crippen molar-refractivity contribution in [3.63, 3.8) is 0 Å². The molecule has 0 atom stereocenters. The number of hydrogen-bond donors (Lipinski definition) is 0. The third-order valence-electron chi connectivity index (χ3n) is 1.61. The molecular weight excluding hydrogens is 206 g/mol. The van der Waals surface area contributed by atoms with Crippen LogP contribution in [0.15, 0.2) is 0 Å². The molecule has 0 aromatic carbocycles. The molecule has 0 fully saturated rings. The lowest BCUT2D eigenvalue weighted by atomic mass is 10.2. The second-order valence-electron chi connectivity index (χ2n) is 5.05. The van der Waals surface area contributed by atoms with Crippen LogP contribution in [0.1, 0.15) is 20.8 Å². The molecule has 0 aromatic heterocycles. The first-order valence-electron chi connectivity index (χ1n) is 4.54. The molecule has 0 aliphatic rings. The van der Waals surface area contributed by atoms with Gasteiger partial charge in [0.05, 0.1) is 0 Å². The van der Waals surface area contributed by atoms with Gasteiger partial charge in [0.15, 0.2) is 0 Å². The number of carbonyl (C=O) groups excluding carboxylic acids is 1. The smallest absolute Gasteiger partial charge is 0.303 e. The molecule has 0 aliphatic heterocycles. The summed E-state index contributed by atoms with van der Waals surface area (Å²) in [5.74, 6) is -0.519. The van der Waals surface area contributed by atoms with Crippen LogP contribution in [-0.4, -0.2) is 25.7 Å². The van der Waals surface area contributed by atoms with E-state index in [2.05, 4.69) is 0 Å². The Kier molecular flexibility index (Phi) is 4.24. The first kappa shape index (κ1) is 13.5. The molecule has 0 heterocycles. The zero-order valence-electron chi connectivity index (χ0n) is 9.36. The molecule has 0 spiro atoms. The van der Waals surface area contributed by atoms with E-state index in [-0.39, 0.29) is 6.04 Å². The quantitative estimate of drug-likeness (QED) is 0.544. The van der Waals surface area contributed by atoms with Crippen molar-refractivity contribution < 1.29 is 18.3 Å². The molecule has 0 saturated heterocycles. The van der Waals surface area contributed by atoms with Gasteiger partial charge >= 0.3 is 5.97 Å². The van der Waals surface area contributed by atoms with Crippen LogP contribution < -0.4 is 0 Å². The van der Waals surface area contributed by atoms with Gasteiger partial charge in [-0.3, -0.25) is 4.79 Å². The van der Waals surface area contributed by atoms with Crippen molar-refractivity contribution in [2.75, 3.05) is 0 Å². The highest BCUT2D eigenvalue weighted by Gasteiger charge is 2.36. The van der Waals surface area contributed by atoms with Gasteiger partial charge in [-0.15, -0.1) is 0 Å². The van der Waals surface area contributed by atoms with Crippen LogP contribution in [0.2, 0.25) is 19.1 Å². The number of esters is 1. The SMILES string of the molecule is CC(C)(C)OC(=O)C[Si](C)(C)C(F)F. The molecule has 14 heavy (non-hydrogen) atoms. The van der Waals surface area contributed by atoms with E-state index in [0.717, 1.165) is 0 Å². The number of hydrogen-bond acceptors (Lipinski definition) is 2. The molecule has 0 bridgehead atoms. The van der Waals surface area contributed by atoms with Gasteiger partial charge in [-0.25, -0.2) is 8.78 Å². The van der Waals surface area contributed by atoms with Crippen molar-refractivity contribution in [3.05, 3.63) is 0 Å². The summed E-state index contributed by atoms with van der Waals surface area (Å²) in [7, 11) is -2.75. The van der Waals surface area contributed by atoms with Crippen LogP contribution in [0.25, 0.3) is 0 Å². The fraction of sp³-hybridized carbons (Fsp3) is 0.889. The molecule has 5 heteroatoms. The van der Waals surface area contributed by atoms with E-state index in [1.807, 2.05) is 0 Å². The molecule has 0 saturated carbocycles. The summed E-state index contributed by atoms with van der Waals surface area (Å²) in [6.45, 7) is 8.15. The average Bonchev–Trinajstić information content (AvgIpc) is 1.79. The highest BCUT2D eigenvalue weighted by atomic mass is 28.3. The van der Waals surface area contributed by atoms with Crippen LogP contribution >= 0.6 is 0 Å². The summed E-state index contributed by atoms with van der Waals surface area (Å²) in [6.07, 6.45) is 0. The molecule has 0 amide bonds. The maximum atomic E-state index is 12.5. The minimum atomic E-state index is -2.75. The first-order chi connectivity index (χ1) is 6.04. The number of rotatable bonds is 3. The Morgan fingerprint density at radius 1 is 1.36 bits per heavy atom. The Labute approximate surface area is 84.6 Å². The monoisotopic (exact) mass is 224 g/mol. The van der Waals surface area contributed by atoms with Gasteiger partial charge < -0.3 is 4.74 Å². The topological polar surface area (TPSA) is 26.3 Å². The molecule has 0 aliphatic carbocycles. The zero-order valence-corrected chi connectivity index (χ0v) is 10.4. The van der Waals surface area contributed by atoms with Gasteiger partial charge in [0.2, 0.25) is 6.05 Å². The summed E-state index contributed by atoms with van der Waals surface area (Å²) in [5, 5.41) is 0. The summed E-state index contributed by atoms with van der Waals surface area (Å²) >= 11 is 0. The third-order valence-corrected chi connectivity index (χ3v) is 3.99. The lowest BCUT2D eigenvalue weighted by Gasteiger charge is -2.24. The van der Waals surface area contributed by atoms with E-state index in [1.54, 1.807) is 20.8 Å². The predicted octanol–water partition coefficient (Wildman–Crippen LogP) is 2.84. The molecule has 0 aromatic rings. The Bertz CT molecular complexity index is 209. The normalized spacial score (nSPS) is 13.1. The van der Waals surface area contributed by atoms with Crippen LogP contribution in [0, 0.1) is 0 Å². The average molecular weight is 224 g/mol. The highest BCUT2D eigenvalue weighted by Crippen LogP contribution is 2.20. The van der Waals surface area contributed by atoms with Gasteiger partial charge in [-0.2, -0.15) is 0 Å². The Hall–Kier alpha value is -0.453. The molecule has 0 radical (unpaired) electrons. The van der Waals surface area contributed by atoms with E-state index in [9.17, 15) is 13.6 Å². The van der Waals surface area contributed by atoms with E-state index < -0.39 is 25.7 Å². The maximum absolute atomic E-state index is 12.5. The maximum Gasteiger partial charge on any atom is 0.303 e. The minimum absolute atomic E-state index is 0.123. The molecule has 2 nitrogen and oxygen atoms in total. The molecule has 0 unspecified atom stereocenters. The first-order valence-corrected chi connectivity index (χ1v) is 7.83. The largest absolute Gasteiger partial charge is 0.460 e. The van der Waals surface area contributed by atoms with E-state index in [4.69, 9.17) is 4.74 Å². The fourth-order valence-corrected chi connectivity index (χ4v) is 1.80. The van der Waals surface area contributed by atoms with Gasteiger partial charge in [0.25, 0.3) is 0 Å². The summed E-state index contributed by atoms with van der Waals surface area (Å²) in [5.41, 5.74) is -0.594. The van der Waals surface area contributed by atoms with Crippen LogP contribution in [0.4, 0.5) is 8.78 Å². The number of carbonyl (C=O) groups is 1. The fourth-order valence-electron chi connectivity index (χ4n) is 0.827. The Morgan fingerprint density at radius 3 is 2.07 bits per heavy atom. The lowest BCUT2D eigenvalue weighted by molar-refractivity contribution is -0.152. The van der Waals surface area contributed by atoms with Crippen molar-refractivity contribution in [3.8, 4) is 0 Å². The summed E-state index contributed by atoms with van der Waals surface area (Å²) < 4.78 is 29.9. The predicted molar refractivity (Wildman–Crippen MR) is 54.1 cm³/mol. The standard InChI is InChI=1S/C9H18F2O2Si/c1-9(2,3)13-7(12)6-14(4,5)8(10)11/h8H,6H2,1-5H3. The van der Waals surface area contributed by atoms with Gasteiger partial charge in [0, 0.05) is 6.04 Å². The summed E-state index contributed by atoms with van der Waals surface area (Å²) in [4.78, 5) is 11.3. The zero-order chi connectivity index (χ0) is 11.6. The van der Waals surface area contributed by atoms with E-state index in [1.165, 1.54) is 13.1 Å². The lowest BCUT2D eigenvalue weighted by Crippen LogP contribution is -2.40. The van der Waals surface area contributed by atoms with Crippen molar-refractivity contribution >= 4 is 14.0 Å². The third kappa shape index (κ3) is 5.31. The Balaban J connectivity index is 4.20. The second kappa shape index (κ2) is 4.38. The van der Waals surface area contributed by atoms with E-state index >= 15 is 0 Å². The van der Waals surface area contributed by atoms with Crippen molar-refractivity contribution in [2.45, 2.75) is 51.6 Å². The molecular formula is C9H18F2O2Si. The van der Waals surface area contributed by atoms with Crippen LogP contribution in [-0.2, 0) is 9.53 Å².